The molecule has 2 heterocycles. The lowest BCUT2D eigenvalue weighted by molar-refractivity contribution is -0.206. The molecule has 0 radical (unpaired) electrons. The van der Waals surface area contributed by atoms with E-state index in [-0.39, 0.29) is 27.9 Å². The Kier molecular flexibility index (Phi) is 8.56. The Morgan fingerprint density at radius 2 is 1.86 bits per heavy atom. The zero-order valence-electron chi connectivity index (χ0n) is 25.1. The highest BCUT2D eigenvalue weighted by molar-refractivity contribution is 5.99. The number of fused-ring (bicyclic) bond motifs is 1. The molecule has 1 aliphatic rings. The summed E-state index contributed by atoms with van der Waals surface area (Å²) in [5.74, 6) is 0. The van der Waals surface area contributed by atoms with Gasteiger partial charge in [0.05, 0.1) is 57.2 Å². The number of hydrogen-bond donors (Lipinski definition) is 2. The highest BCUT2D eigenvalue weighted by atomic mass is 19.4. The summed E-state index contributed by atoms with van der Waals surface area (Å²) in [5.41, 5.74) is 0.764. The largest absolute Gasteiger partial charge is 0.395 e. The lowest BCUT2D eigenvalue weighted by Crippen LogP contribution is -2.38. The topological polar surface area (TPSA) is 139 Å². The molecule has 0 spiro atoms. The SMILES string of the molecule is C=C(/C(C)=C(C#N)\C=C/C)[C@H](Nc1cc(C#N)c2ncc(C#N)c(NCC(C)(C)C(F)(F)F)c2c1)c1cn(C2(C)CC2)nn1. The van der Waals surface area contributed by atoms with E-state index < -0.39 is 24.2 Å². The van der Waals surface area contributed by atoms with E-state index in [1.54, 1.807) is 42.8 Å². The van der Waals surface area contributed by atoms with Crippen LogP contribution in [0, 0.1) is 39.4 Å². The molecule has 2 N–H and O–H groups in total. The van der Waals surface area contributed by atoms with Crippen LogP contribution in [0.25, 0.3) is 10.9 Å². The molecule has 0 unspecified atom stereocenters. The number of aromatic nitrogens is 4. The van der Waals surface area contributed by atoms with Crippen molar-refractivity contribution in [3.63, 3.8) is 0 Å². The minimum absolute atomic E-state index is 0.0295. The number of benzene rings is 1. The van der Waals surface area contributed by atoms with E-state index in [0.29, 0.717) is 33.5 Å². The lowest BCUT2D eigenvalue weighted by Gasteiger charge is -2.28. The molecular weight excluding hydrogens is 567 g/mol. The highest BCUT2D eigenvalue weighted by Crippen LogP contribution is 2.43. The zero-order chi connectivity index (χ0) is 32.4. The van der Waals surface area contributed by atoms with Gasteiger partial charge in [-0.25, -0.2) is 4.68 Å². The molecule has 1 saturated carbocycles. The number of halogens is 3. The first-order valence-electron chi connectivity index (χ1n) is 13.9. The van der Waals surface area contributed by atoms with Gasteiger partial charge < -0.3 is 10.6 Å². The van der Waals surface area contributed by atoms with Gasteiger partial charge in [-0.2, -0.15) is 29.0 Å². The Morgan fingerprint density at radius 3 is 2.43 bits per heavy atom. The van der Waals surface area contributed by atoms with E-state index in [4.69, 9.17) is 0 Å². The standard InChI is InChI=1S/C32H32F3N9/c1-7-8-21(13-36)19(2)20(3)27(26-17-44(43-42-26)31(6)9-10-31)41-24-11-22(14-37)28-25(12-24)29(23(15-38)16-39-28)40-18-30(4,5)32(33,34)35/h7-8,11-12,16-17,27,41H,3,9-10,18H2,1-2,4-6H3,(H,39,40)/b8-7-,21-19+/t27-/m0/s1. The third kappa shape index (κ3) is 6.14. The summed E-state index contributed by atoms with van der Waals surface area (Å²) in [7, 11) is 0. The fourth-order valence-corrected chi connectivity index (χ4v) is 4.55. The second-order valence-electron chi connectivity index (χ2n) is 11.8. The van der Waals surface area contributed by atoms with Gasteiger partial charge in [-0.05, 0) is 76.8 Å². The Morgan fingerprint density at radius 1 is 1.18 bits per heavy atom. The van der Waals surface area contributed by atoms with Crippen molar-refractivity contribution >= 4 is 22.3 Å². The molecule has 0 saturated heterocycles. The minimum Gasteiger partial charge on any atom is -0.382 e. The number of nitriles is 3. The van der Waals surface area contributed by atoms with Crippen molar-refractivity contribution in [1.29, 1.82) is 15.8 Å². The molecule has 2 aromatic heterocycles. The summed E-state index contributed by atoms with van der Waals surface area (Å²) in [6.07, 6.45) is 3.90. The quantitative estimate of drug-likeness (QED) is 0.184. The summed E-state index contributed by atoms with van der Waals surface area (Å²) in [6.45, 7) is 11.5. The van der Waals surface area contributed by atoms with Gasteiger partial charge >= 0.3 is 6.18 Å². The van der Waals surface area contributed by atoms with Crippen molar-refractivity contribution in [2.75, 3.05) is 17.2 Å². The monoisotopic (exact) mass is 599 g/mol. The van der Waals surface area contributed by atoms with E-state index in [0.717, 1.165) is 26.7 Å². The maximum Gasteiger partial charge on any atom is 0.395 e. The first kappa shape index (κ1) is 31.8. The van der Waals surface area contributed by atoms with Crippen molar-refractivity contribution in [1.82, 2.24) is 20.0 Å². The molecule has 0 aliphatic heterocycles. The molecule has 0 bridgehead atoms. The van der Waals surface area contributed by atoms with Crippen molar-refractivity contribution in [2.24, 2.45) is 5.41 Å². The first-order chi connectivity index (χ1) is 20.7. The van der Waals surface area contributed by atoms with Gasteiger partial charge in [-0.15, -0.1) is 5.10 Å². The molecule has 9 nitrogen and oxygen atoms in total. The molecule has 12 heteroatoms. The smallest absolute Gasteiger partial charge is 0.382 e. The fraction of sp³-hybridized carbons (Fsp3) is 0.375. The van der Waals surface area contributed by atoms with Gasteiger partial charge in [0, 0.05) is 23.8 Å². The molecule has 226 valence electrons. The second kappa shape index (κ2) is 11.9. The normalized spacial score (nSPS) is 15.6. The van der Waals surface area contributed by atoms with Crippen LogP contribution in [0.3, 0.4) is 0 Å². The van der Waals surface area contributed by atoms with Gasteiger partial charge in [0.1, 0.15) is 17.8 Å². The average molecular weight is 600 g/mol. The maximum absolute atomic E-state index is 13.7. The minimum atomic E-state index is -4.50. The third-order valence-corrected chi connectivity index (χ3v) is 8.02. The van der Waals surface area contributed by atoms with Crippen molar-refractivity contribution < 1.29 is 13.2 Å². The number of hydrogen-bond acceptors (Lipinski definition) is 8. The van der Waals surface area contributed by atoms with E-state index in [9.17, 15) is 29.0 Å². The van der Waals surface area contributed by atoms with Gasteiger partial charge in [0.15, 0.2) is 0 Å². The summed E-state index contributed by atoms with van der Waals surface area (Å²) in [5, 5.41) is 44.8. The number of alkyl halides is 3. The Balaban J connectivity index is 1.86. The van der Waals surface area contributed by atoms with Crippen molar-refractivity contribution in [3.05, 3.63) is 76.8 Å². The van der Waals surface area contributed by atoms with Gasteiger partial charge in [0.2, 0.25) is 0 Å². The Hall–Kier alpha value is -5.15. The van der Waals surface area contributed by atoms with Crippen LogP contribution in [-0.2, 0) is 5.54 Å². The van der Waals surface area contributed by atoms with Crippen LogP contribution in [0.1, 0.15) is 70.3 Å². The second-order valence-corrected chi connectivity index (χ2v) is 11.8. The van der Waals surface area contributed by atoms with Crippen molar-refractivity contribution in [2.45, 2.75) is 65.2 Å². The molecule has 4 rings (SSSR count). The fourth-order valence-electron chi connectivity index (χ4n) is 4.55. The van der Waals surface area contributed by atoms with Crippen LogP contribution < -0.4 is 10.6 Å². The van der Waals surface area contributed by atoms with Crippen LogP contribution in [0.5, 0.6) is 0 Å². The van der Waals surface area contributed by atoms with Gasteiger partial charge in [0.25, 0.3) is 0 Å². The maximum atomic E-state index is 13.7. The number of allylic oxidation sites excluding steroid dienone is 3. The molecular formula is C32H32F3N9. The van der Waals surface area contributed by atoms with E-state index in [2.05, 4.69) is 51.6 Å². The number of nitrogens with one attached hydrogen (secondary N) is 2. The Labute approximate surface area is 254 Å². The van der Waals surface area contributed by atoms with E-state index in [1.807, 2.05) is 12.3 Å². The van der Waals surface area contributed by atoms with E-state index in [1.165, 1.54) is 6.20 Å². The number of anilines is 2. The summed E-state index contributed by atoms with van der Waals surface area (Å²) in [4.78, 5) is 4.28. The predicted octanol–water partition coefficient (Wildman–Crippen LogP) is 7.20. The molecule has 44 heavy (non-hydrogen) atoms. The summed E-state index contributed by atoms with van der Waals surface area (Å²) < 4.78 is 42.8. The third-order valence-electron chi connectivity index (χ3n) is 8.02. The van der Waals surface area contributed by atoms with Crippen LogP contribution in [0.2, 0.25) is 0 Å². The molecule has 1 aromatic carbocycles. The number of pyridine rings is 1. The molecule has 3 aromatic rings. The molecule has 1 atom stereocenters. The lowest BCUT2D eigenvalue weighted by atomic mass is 9.92. The summed E-state index contributed by atoms with van der Waals surface area (Å²) in [6, 6.07) is 8.76. The Bertz CT molecular complexity index is 1800. The van der Waals surface area contributed by atoms with Crippen LogP contribution in [0.15, 0.2) is 60.0 Å². The van der Waals surface area contributed by atoms with Crippen LogP contribution in [-0.4, -0.2) is 32.7 Å². The molecule has 1 fully saturated rings. The van der Waals surface area contributed by atoms with Crippen LogP contribution in [0.4, 0.5) is 24.5 Å². The highest BCUT2D eigenvalue weighted by Gasteiger charge is 2.47. The average Bonchev–Trinajstić information content (AvgIpc) is 3.54. The number of nitrogens with zero attached hydrogens (tertiary/aromatic N) is 7. The van der Waals surface area contributed by atoms with E-state index >= 15 is 0 Å². The van der Waals surface area contributed by atoms with Crippen LogP contribution >= 0.6 is 0 Å². The van der Waals surface area contributed by atoms with Gasteiger partial charge in [-0.3, -0.25) is 4.98 Å². The summed E-state index contributed by atoms with van der Waals surface area (Å²) >= 11 is 0. The predicted molar refractivity (Wildman–Crippen MR) is 161 cm³/mol. The first-order valence-corrected chi connectivity index (χ1v) is 13.9. The van der Waals surface area contributed by atoms with Crippen molar-refractivity contribution in [3.8, 4) is 18.2 Å². The number of rotatable bonds is 10. The molecule has 0 amide bonds. The molecule has 1 aliphatic carbocycles. The zero-order valence-corrected chi connectivity index (χ0v) is 25.1. The van der Waals surface area contributed by atoms with Gasteiger partial charge in [-0.1, -0.05) is 17.9 Å².